The molecule has 0 fully saturated rings. The molecule has 1 rings (SSSR count). The third kappa shape index (κ3) is 3.53. The molecule has 0 aromatic carbocycles. The lowest BCUT2D eigenvalue weighted by Gasteiger charge is -2.22. The summed E-state index contributed by atoms with van der Waals surface area (Å²) in [5, 5.41) is 0. The van der Waals surface area contributed by atoms with Crippen LogP contribution in [0.25, 0.3) is 0 Å². The summed E-state index contributed by atoms with van der Waals surface area (Å²) < 4.78 is 5.35. The SMILES string of the molecule is CCCC(C)(N)C(=O)Cc1ncc(C)c(OC)c1C. The van der Waals surface area contributed by atoms with Crippen molar-refractivity contribution in [3.8, 4) is 5.75 Å². The zero-order valence-electron chi connectivity index (χ0n) is 12.5. The number of carbonyl (C=O) groups excluding carboxylic acids is 1. The maximum absolute atomic E-state index is 12.3. The highest BCUT2D eigenvalue weighted by Crippen LogP contribution is 2.25. The largest absolute Gasteiger partial charge is 0.496 e. The number of hydrogen-bond donors (Lipinski definition) is 1. The number of methoxy groups -OCH3 is 1. The molecule has 0 saturated carbocycles. The molecule has 1 aromatic rings. The van der Waals surface area contributed by atoms with Crippen molar-refractivity contribution < 1.29 is 9.53 Å². The summed E-state index contributed by atoms with van der Waals surface area (Å²) in [5.74, 6) is 0.822. The molecule has 1 heterocycles. The van der Waals surface area contributed by atoms with E-state index in [2.05, 4.69) is 4.98 Å². The molecule has 0 amide bonds. The Morgan fingerprint density at radius 2 is 2.11 bits per heavy atom. The zero-order chi connectivity index (χ0) is 14.6. The van der Waals surface area contributed by atoms with Crippen molar-refractivity contribution in [2.24, 2.45) is 5.73 Å². The molecule has 0 aliphatic carbocycles. The lowest BCUT2D eigenvalue weighted by atomic mass is 9.89. The van der Waals surface area contributed by atoms with E-state index in [0.717, 1.165) is 29.0 Å². The minimum atomic E-state index is -0.777. The van der Waals surface area contributed by atoms with Crippen molar-refractivity contribution in [2.75, 3.05) is 7.11 Å². The highest BCUT2D eigenvalue weighted by atomic mass is 16.5. The average Bonchev–Trinajstić information content (AvgIpc) is 2.33. The molecule has 1 atom stereocenters. The van der Waals surface area contributed by atoms with Gasteiger partial charge in [-0.2, -0.15) is 0 Å². The van der Waals surface area contributed by atoms with Gasteiger partial charge in [-0.05, 0) is 27.2 Å². The van der Waals surface area contributed by atoms with E-state index in [4.69, 9.17) is 10.5 Å². The van der Waals surface area contributed by atoms with Gasteiger partial charge in [-0.15, -0.1) is 0 Å². The number of aromatic nitrogens is 1. The second-order valence-corrected chi connectivity index (χ2v) is 5.31. The van der Waals surface area contributed by atoms with Crippen LogP contribution in [0.4, 0.5) is 0 Å². The van der Waals surface area contributed by atoms with Crippen molar-refractivity contribution in [2.45, 2.75) is 52.5 Å². The van der Waals surface area contributed by atoms with Crippen molar-refractivity contribution in [3.63, 3.8) is 0 Å². The van der Waals surface area contributed by atoms with Crippen LogP contribution in [0.1, 0.15) is 43.5 Å². The van der Waals surface area contributed by atoms with Gasteiger partial charge in [0.05, 0.1) is 24.8 Å². The molecule has 0 aliphatic heterocycles. The number of nitrogens with two attached hydrogens (primary N) is 1. The van der Waals surface area contributed by atoms with Gasteiger partial charge < -0.3 is 10.5 Å². The van der Waals surface area contributed by atoms with E-state index in [9.17, 15) is 4.79 Å². The van der Waals surface area contributed by atoms with E-state index in [1.54, 1.807) is 20.2 Å². The van der Waals surface area contributed by atoms with Crippen LogP contribution in [0, 0.1) is 13.8 Å². The quantitative estimate of drug-likeness (QED) is 0.856. The van der Waals surface area contributed by atoms with Crippen LogP contribution in [0.3, 0.4) is 0 Å². The fourth-order valence-electron chi connectivity index (χ4n) is 2.26. The number of nitrogens with zero attached hydrogens (tertiary/aromatic N) is 1. The van der Waals surface area contributed by atoms with Crippen LogP contribution in [0.5, 0.6) is 5.75 Å². The molecule has 1 unspecified atom stereocenters. The fourth-order valence-corrected chi connectivity index (χ4v) is 2.26. The standard InChI is InChI=1S/C15H24N2O2/c1-6-7-15(4,16)13(18)8-12-11(3)14(19-5)10(2)9-17-12/h9H,6-8,16H2,1-5H3. The Morgan fingerprint density at radius 3 is 2.63 bits per heavy atom. The first kappa shape index (κ1) is 15.6. The topological polar surface area (TPSA) is 65.2 Å². The van der Waals surface area contributed by atoms with Gasteiger partial charge in [0.1, 0.15) is 5.75 Å². The number of pyridine rings is 1. The number of carbonyl (C=O) groups is 1. The molecular weight excluding hydrogens is 240 g/mol. The first-order valence-corrected chi connectivity index (χ1v) is 6.64. The molecule has 0 aliphatic rings. The summed E-state index contributed by atoms with van der Waals surface area (Å²) in [6.45, 7) is 7.68. The second kappa shape index (κ2) is 6.15. The monoisotopic (exact) mass is 264 g/mol. The van der Waals surface area contributed by atoms with Crippen molar-refractivity contribution in [1.82, 2.24) is 4.98 Å². The molecule has 0 saturated heterocycles. The van der Waals surface area contributed by atoms with E-state index in [-0.39, 0.29) is 12.2 Å². The number of ketones is 1. The summed E-state index contributed by atoms with van der Waals surface area (Å²) in [6, 6.07) is 0. The van der Waals surface area contributed by atoms with Gasteiger partial charge in [0.2, 0.25) is 0 Å². The zero-order valence-corrected chi connectivity index (χ0v) is 12.5. The third-order valence-electron chi connectivity index (χ3n) is 3.48. The first-order valence-electron chi connectivity index (χ1n) is 6.64. The van der Waals surface area contributed by atoms with Crippen molar-refractivity contribution in [3.05, 3.63) is 23.0 Å². The van der Waals surface area contributed by atoms with Gasteiger partial charge in [-0.25, -0.2) is 0 Å². The molecular formula is C15H24N2O2. The number of hydrogen-bond acceptors (Lipinski definition) is 4. The van der Waals surface area contributed by atoms with E-state index in [1.807, 2.05) is 20.8 Å². The van der Waals surface area contributed by atoms with Crippen molar-refractivity contribution in [1.29, 1.82) is 0 Å². The second-order valence-electron chi connectivity index (χ2n) is 5.31. The highest BCUT2D eigenvalue weighted by molar-refractivity contribution is 5.89. The summed E-state index contributed by atoms with van der Waals surface area (Å²) in [4.78, 5) is 16.6. The van der Waals surface area contributed by atoms with E-state index < -0.39 is 5.54 Å². The average molecular weight is 264 g/mol. The lowest BCUT2D eigenvalue weighted by molar-refractivity contribution is -0.123. The summed E-state index contributed by atoms with van der Waals surface area (Å²) in [7, 11) is 1.63. The lowest BCUT2D eigenvalue weighted by Crippen LogP contribution is -2.45. The Morgan fingerprint density at radius 1 is 1.47 bits per heavy atom. The normalized spacial score (nSPS) is 14.0. The van der Waals surface area contributed by atoms with Gasteiger partial charge in [-0.3, -0.25) is 9.78 Å². The van der Waals surface area contributed by atoms with Crippen LogP contribution < -0.4 is 10.5 Å². The first-order chi connectivity index (χ1) is 8.83. The highest BCUT2D eigenvalue weighted by Gasteiger charge is 2.28. The maximum atomic E-state index is 12.3. The molecule has 106 valence electrons. The van der Waals surface area contributed by atoms with Gasteiger partial charge in [0.15, 0.2) is 5.78 Å². The van der Waals surface area contributed by atoms with Crippen LogP contribution in [-0.2, 0) is 11.2 Å². The third-order valence-corrected chi connectivity index (χ3v) is 3.48. The van der Waals surface area contributed by atoms with Crippen LogP contribution in [-0.4, -0.2) is 23.4 Å². The van der Waals surface area contributed by atoms with Crippen molar-refractivity contribution >= 4 is 5.78 Å². The Kier molecular flexibility index (Phi) is 5.06. The summed E-state index contributed by atoms with van der Waals surface area (Å²) >= 11 is 0. The predicted molar refractivity (Wildman–Crippen MR) is 76.5 cm³/mol. The molecule has 0 bridgehead atoms. The van der Waals surface area contributed by atoms with Crippen LogP contribution >= 0.6 is 0 Å². The van der Waals surface area contributed by atoms with Crippen LogP contribution in [0.2, 0.25) is 0 Å². The molecule has 0 spiro atoms. The minimum absolute atomic E-state index is 0.0239. The summed E-state index contributed by atoms with van der Waals surface area (Å²) in [6.07, 6.45) is 3.58. The number of ether oxygens (including phenoxy) is 1. The molecule has 4 nitrogen and oxygen atoms in total. The molecule has 1 aromatic heterocycles. The molecule has 0 radical (unpaired) electrons. The minimum Gasteiger partial charge on any atom is -0.496 e. The molecule has 2 N–H and O–H groups in total. The van der Waals surface area contributed by atoms with Gasteiger partial charge in [-0.1, -0.05) is 13.3 Å². The van der Waals surface area contributed by atoms with E-state index >= 15 is 0 Å². The molecule has 19 heavy (non-hydrogen) atoms. The van der Waals surface area contributed by atoms with E-state index in [1.165, 1.54) is 0 Å². The Bertz CT molecular complexity index is 467. The fraction of sp³-hybridized carbons (Fsp3) is 0.600. The number of aryl methyl sites for hydroxylation is 1. The Hall–Kier alpha value is -1.42. The predicted octanol–water partition coefficient (Wildman–Crippen LogP) is 2.34. The van der Waals surface area contributed by atoms with Gasteiger partial charge in [0.25, 0.3) is 0 Å². The maximum Gasteiger partial charge on any atom is 0.158 e. The Balaban J connectivity index is 2.98. The van der Waals surface area contributed by atoms with Gasteiger partial charge in [0, 0.05) is 17.3 Å². The number of Topliss-reactive ketones (excluding diaryl/α,β-unsaturated/α-hetero) is 1. The van der Waals surface area contributed by atoms with E-state index in [0.29, 0.717) is 6.42 Å². The summed E-state index contributed by atoms with van der Waals surface area (Å²) in [5.41, 5.74) is 7.93. The number of rotatable bonds is 6. The van der Waals surface area contributed by atoms with Gasteiger partial charge >= 0.3 is 0 Å². The smallest absolute Gasteiger partial charge is 0.158 e. The molecule has 4 heteroatoms. The van der Waals surface area contributed by atoms with Crippen LogP contribution in [0.15, 0.2) is 6.20 Å². The Labute approximate surface area is 115 Å².